The smallest absolute Gasteiger partial charge is 0.266 e. The lowest BCUT2D eigenvalue weighted by atomic mass is 10.2. The first-order valence-electron chi connectivity index (χ1n) is 6.89. The van der Waals surface area contributed by atoms with Crippen molar-refractivity contribution in [3.05, 3.63) is 64.3 Å². The van der Waals surface area contributed by atoms with E-state index in [9.17, 15) is 22.4 Å². The molecule has 0 atom stereocenters. The maximum Gasteiger partial charge on any atom is 0.266 e. The van der Waals surface area contributed by atoms with E-state index in [1.165, 1.54) is 12.4 Å². The molecule has 1 aromatic carbocycles. The standard InChI is InChI=1S/C15H14F2N2O3S2/c16-14(17)7-4-8-24(21,22)15-18-9-13(23-15)11-19(20)10-12-5-2-1-3-6-12/h1-3,5-7,9,11H,4,8,10H2/b19-11-. The quantitative estimate of drug-likeness (QED) is 0.324. The van der Waals surface area contributed by atoms with Crippen LogP contribution in [0, 0.1) is 5.21 Å². The first-order valence-corrected chi connectivity index (χ1v) is 9.36. The minimum atomic E-state index is -3.74. The summed E-state index contributed by atoms with van der Waals surface area (Å²) in [6, 6.07) is 9.08. The Hall–Kier alpha value is -2.13. The van der Waals surface area contributed by atoms with Gasteiger partial charge in [0.2, 0.25) is 14.2 Å². The molecule has 0 amide bonds. The Kier molecular flexibility index (Phi) is 6.16. The average molecular weight is 372 g/mol. The van der Waals surface area contributed by atoms with Gasteiger partial charge in [-0.2, -0.15) is 8.78 Å². The lowest BCUT2D eigenvalue weighted by Gasteiger charge is -2.02. The van der Waals surface area contributed by atoms with Gasteiger partial charge in [-0.05, 0) is 12.5 Å². The van der Waals surface area contributed by atoms with E-state index in [1.807, 2.05) is 18.2 Å². The summed E-state index contributed by atoms with van der Waals surface area (Å²) in [6.45, 7) is 0.126. The Morgan fingerprint density at radius 1 is 1.29 bits per heavy atom. The summed E-state index contributed by atoms with van der Waals surface area (Å²) >= 11 is 0.833. The van der Waals surface area contributed by atoms with Crippen molar-refractivity contribution in [2.45, 2.75) is 17.3 Å². The van der Waals surface area contributed by atoms with Gasteiger partial charge in [0.25, 0.3) is 6.08 Å². The van der Waals surface area contributed by atoms with Crippen LogP contribution in [0.3, 0.4) is 0 Å². The van der Waals surface area contributed by atoms with Gasteiger partial charge in [-0.15, -0.1) is 0 Å². The molecule has 128 valence electrons. The molecular weight excluding hydrogens is 358 g/mol. The highest BCUT2D eigenvalue weighted by molar-refractivity contribution is 7.93. The lowest BCUT2D eigenvalue weighted by molar-refractivity contribution is -0.469. The van der Waals surface area contributed by atoms with Gasteiger partial charge in [0, 0.05) is 5.56 Å². The van der Waals surface area contributed by atoms with Gasteiger partial charge in [0.1, 0.15) is 4.88 Å². The van der Waals surface area contributed by atoms with Crippen LogP contribution < -0.4 is 0 Å². The SMILES string of the molecule is O=S(=O)(CCC=C(F)F)c1ncc(/C=[N+](\[O-])Cc2ccccc2)s1. The molecular formula is C15H14F2N2O3S2. The van der Waals surface area contributed by atoms with Crippen molar-refractivity contribution in [2.24, 2.45) is 0 Å². The molecule has 0 aliphatic carbocycles. The third-order valence-electron chi connectivity index (χ3n) is 2.91. The molecule has 0 unspecified atom stereocenters. The molecule has 0 saturated carbocycles. The molecule has 0 bridgehead atoms. The first-order chi connectivity index (χ1) is 11.4. The van der Waals surface area contributed by atoms with Crippen LogP contribution in [0.1, 0.15) is 16.9 Å². The molecule has 0 aliphatic heterocycles. The van der Waals surface area contributed by atoms with E-state index in [0.717, 1.165) is 16.9 Å². The topological polar surface area (TPSA) is 73.1 Å². The zero-order chi connectivity index (χ0) is 17.6. The van der Waals surface area contributed by atoms with Gasteiger partial charge in [-0.3, -0.25) is 0 Å². The van der Waals surface area contributed by atoms with Crippen LogP contribution in [-0.4, -0.2) is 30.1 Å². The molecule has 0 fully saturated rings. The highest BCUT2D eigenvalue weighted by Gasteiger charge is 2.19. The Labute approximate surface area is 142 Å². The normalized spacial score (nSPS) is 12.2. The van der Waals surface area contributed by atoms with Crippen LogP contribution in [0.4, 0.5) is 8.78 Å². The van der Waals surface area contributed by atoms with Gasteiger partial charge in [0.05, 0.1) is 11.9 Å². The van der Waals surface area contributed by atoms with Crippen molar-refractivity contribution < 1.29 is 21.9 Å². The van der Waals surface area contributed by atoms with E-state index in [-0.39, 0.29) is 17.3 Å². The van der Waals surface area contributed by atoms with E-state index >= 15 is 0 Å². The fraction of sp³-hybridized carbons (Fsp3) is 0.200. The summed E-state index contributed by atoms with van der Waals surface area (Å²) in [6.07, 6.45) is 0.882. The van der Waals surface area contributed by atoms with E-state index in [0.29, 0.717) is 15.7 Å². The zero-order valence-electron chi connectivity index (χ0n) is 12.4. The van der Waals surface area contributed by atoms with Crippen molar-refractivity contribution in [1.29, 1.82) is 0 Å². The molecule has 9 heteroatoms. The Bertz CT molecular complexity index is 843. The molecule has 0 spiro atoms. The predicted octanol–water partition coefficient (Wildman–Crippen LogP) is 3.22. The molecule has 0 saturated heterocycles. The molecule has 1 heterocycles. The van der Waals surface area contributed by atoms with Gasteiger partial charge in [-0.25, -0.2) is 18.1 Å². The first kappa shape index (κ1) is 18.2. The zero-order valence-corrected chi connectivity index (χ0v) is 14.1. The number of benzene rings is 1. The van der Waals surface area contributed by atoms with Crippen LogP contribution in [0.5, 0.6) is 0 Å². The third-order valence-corrected chi connectivity index (χ3v) is 6.06. The van der Waals surface area contributed by atoms with Crippen molar-refractivity contribution >= 4 is 27.4 Å². The third kappa shape index (κ3) is 5.50. The fourth-order valence-electron chi connectivity index (χ4n) is 1.83. The van der Waals surface area contributed by atoms with Gasteiger partial charge in [-0.1, -0.05) is 41.7 Å². The van der Waals surface area contributed by atoms with Crippen molar-refractivity contribution in [1.82, 2.24) is 4.98 Å². The highest BCUT2D eigenvalue weighted by Crippen LogP contribution is 2.19. The minimum absolute atomic E-state index is 0.126. The number of nitrogens with zero attached hydrogens (tertiary/aromatic N) is 2. The number of rotatable bonds is 7. The summed E-state index contributed by atoms with van der Waals surface area (Å²) in [4.78, 5) is 4.15. The number of halogens is 2. The lowest BCUT2D eigenvalue weighted by Crippen LogP contribution is -2.05. The summed E-state index contributed by atoms with van der Waals surface area (Å²) in [7, 11) is -3.74. The van der Waals surface area contributed by atoms with Crippen LogP contribution in [0.2, 0.25) is 0 Å². The van der Waals surface area contributed by atoms with Crippen LogP contribution in [-0.2, 0) is 16.4 Å². The second-order valence-corrected chi connectivity index (χ2v) is 8.16. The monoisotopic (exact) mass is 372 g/mol. The fourth-order valence-corrected chi connectivity index (χ4v) is 4.28. The van der Waals surface area contributed by atoms with Crippen LogP contribution in [0.25, 0.3) is 0 Å². The average Bonchev–Trinajstić information content (AvgIpc) is 2.97. The number of hydrogen-bond acceptors (Lipinski definition) is 5. The molecule has 2 aromatic rings. The van der Waals surface area contributed by atoms with E-state index in [1.54, 1.807) is 12.1 Å². The van der Waals surface area contributed by atoms with E-state index in [4.69, 9.17) is 0 Å². The summed E-state index contributed by atoms with van der Waals surface area (Å²) in [5.74, 6) is -0.456. The summed E-state index contributed by atoms with van der Waals surface area (Å²) in [5, 5.41) is 11.9. The highest BCUT2D eigenvalue weighted by atomic mass is 32.2. The maximum atomic E-state index is 12.0. The predicted molar refractivity (Wildman–Crippen MR) is 88.0 cm³/mol. The Morgan fingerprint density at radius 2 is 2.00 bits per heavy atom. The Morgan fingerprint density at radius 3 is 2.67 bits per heavy atom. The number of hydroxylamine groups is 1. The largest absolute Gasteiger partial charge is 0.624 e. The molecule has 24 heavy (non-hydrogen) atoms. The molecule has 0 radical (unpaired) electrons. The number of hydrogen-bond donors (Lipinski definition) is 0. The molecule has 0 aliphatic rings. The van der Waals surface area contributed by atoms with Crippen molar-refractivity contribution in [3.8, 4) is 0 Å². The van der Waals surface area contributed by atoms with Gasteiger partial charge < -0.3 is 5.21 Å². The van der Waals surface area contributed by atoms with Crippen LogP contribution >= 0.6 is 11.3 Å². The molecule has 0 N–H and O–H groups in total. The number of allylic oxidation sites excluding steroid dienone is 1. The second kappa shape index (κ2) is 8.11. The van der Waals surface area contributed by atoms with Crippen molar-refractivity contribution in [3.63, 3.8) is 0 Å². The molecule has 5 nitrogen and oxygen atoms in total. The van der Waals surface area contributed by atoms with Crippen LogP contribution in [0.15, 0.2) is 53.0 Å². The second-order valence-electron chi connectivity index (χ2n) is 4.82. The molecule has 1 aromatic heterocycles. The molecule has 2 rings (SSSR count). The summed E-state index contributed by atoms with van der Waals surface area (Å²) in [5.41, 5.74) is 0.821. The number of sulfone groups is 1. The number of aromatic nitrogens is 1. The Balaban J connectivity index is 2.07. The minimum Gasteiger partial charge on any atom is -0.624 e. The van der Waals surface area contributed by atoms with Gasteiger partial charge >= 0.3 is 0 Å². The maximum absolute atomic E-state index is 12.0. The van der Waals surface area contributed by atoms with E-state index < -0.39 is 21.7 Å². The summed E-state index contributed by atoms with van der Waals surface area (Å²) < 4.78 is 48.3. The van der Waals surface area contributed by atoms with Crippen molar-refractivity contribution in [2.75, 3.05) is 5.75 Å². The number of thiazole rings is 1. The van der Waals surface area contributed by atoms with Gasteiger partial charge in [0.15, 0.2) is 12.8 Å². The van der Waals surface area contributed by atoms with E-state index in [2.05, 4.69) is 4.98 Å².